The molecular formula is C15H16N6. The van der Waals surface area contributed by atoms with Crippen molar-refractivity contribution in [2.45, 2.75) is 0 Å². The minimum Gasteiger partial charge on any atom is -0.352 e. The zero-order valence-electron chi connectivity index (χ0n) is 11.6. The molecule has 3 aromatic heterocycles. The van der Waals surface area contributed by atoms with Gasteiger partial charge < -0.3 is 14.2 Å². The molecule has 1 saturated heterocycles. The van der Waals surface area contributed by atoms with Crippen LogP contribution in [-0.2, 0) is 0 Å². The zero-order valence-corrected chi connectivity index (χ0v) is 11.6. The Bertz CT molecular complexity index is 697. The Morgan fingerprint density at radius 2 is 1.71 bits per heavy atom. The van der Waals surface area contributed by atoms with Crippen LogP contribution >= 0.6 is 0 Å². The first-order valence-corrected chi connectivity index (χ1v) is 7.10. The van der Waals surface area contributed by atoms with Gasteiger partial charge in [0.15, 0.2) is 0 Å². The van der Waals surface area contributed by atoms with E-state index in [1.165, 1.54) is 0 Å². The van der Waals surface area contributed by atoms with Gasteiger partial charge in [-0.2, -0.15) is 0 Å². The Balaban J connectivity index is 1.50. The van der Waals surface area contributed by atoms with E-state index in [9.17, 15) is 0 Å². The molecule has 0 radical (unpaired) electrons. The highest BCUT2D eigenvalue weighted by Crippen LogP contribution is 2.18. The fraction of sp³-hybridized carbons (Fsp3) is 0.267. The molecule has 4 rings (SSSR count). The van der Waals surface area contributed by atoms with Crippen LogP contribution in [0.5, 0.6) is 0 Å². The van der Waals surface area contributed by atoms with Gasteiger partial charge in [0.25, 0.3) is 0 Å². The molecule has 1 aliphatic heterocycles. The summed E-state index contributed by atoms with van der Waals surface area (Å²) in [7, 11) is 0. The van der Waals surface area contributed by atoms with Crippen molar-refractivity contribution in [3.63, 3.8) is 0 Å². The summed E-state index contributed by atoms with van der Waals surface area (Å²) in [5, 5.41) is 0. The second kappa shape index (κ2) is 5.05. The third kappa shape index (κ3) is 2.29. The Kier molecular flexibility index (Phi) is 2.92. The van der Waals surface area contributed by atoms with E-state index in [-0.39, 0.29) is 0 Å². The number of anilines is 2. The maximum Gasteiger partial charge on any atom is 0.147 e. The van der Waals surface area contributed by atoms with Crippen LogP contribution in [0.3, 0.4) is 0 Å². The van der Waals surface area contributed by atoms with Crippen molar-refractivity contribution in [3.05, 3.63) is 49.2 Å². The summed E-state index contributed by atoms with van der Waals surface area (Å²) in [4.78, 5) is 17.8. The van der Waals surface area contributed by atoms with Gasteiger partial charge in [-0.25, -0.2) is 9.97 Å². The lowest BCUT2D eigenvalue weighted by Gasteiger charge is -2.35. The summed E-state index contributed by atoms with van der Waals surface area (Å²) in [5.41, 5.74) is 0.990. The molecule has 1 fully saturated rings. The number of pyridine rings is 1. The number of piperazine rings is 1. The number of aromatic nitrogens is 4. The van der Waals surface area contributed by atoms with Crippen LogP contribution < -0.4 is 9.80 Å². The minimum atomic E-state index is 0.937. The molecule has 0 amide bonds. The van der Waals surface area contributed by atoms with E-state index in [0.29, 0.717) is 0 Å². The lowest BCUT2D eigenvalue weighted by Crippen LogP contribution is -2.47. The fourth-order valence-corrected chi connectivity index (χ4v) is 2.69. The molecule has 0 aromatic carbocycles. The van der Waals surface area contributed by atoms with Crippen molar-refractivity contribution < 1.29 is 0 Å². The van der Waals surface area contributed by atoms with E-state index < -0.39 is 0 Å². The van der Waals surface area contributed by atoms with Gasteiger partial charge in [0.1, 0.15) is 17.3 Å². The Labute approximate surface area is 122 Å². The average Bonchev–Trinajstić information content (AvgIpc) is 3.00. The molecule has 4 heterocycles. The predicted molar refractivity (Wildman–Crippen MR) is 81.7 cm³/mol. The second-order valence-corrected chi connectivity index (χ2v) is 5.10. The van der Waals surface area contributed by atoms with Crippen LogP contribution in [0.4, 0.5) is 11.6 Å². The molecular weight excluding hydrogens is 264 g/mol. The van der Waals surface area contributed by atoms with Gasteiger partial charge in [0.05, 0.1) is 12.4 Å². The van der Waals surface area contributed by atoms with Gasteiger partial charge in [-0.3, -0.25) is 4.98 Å². The van der Waals surface area contributed by atoms with Crippen molar-refractivity contribution >= 4 is 17.3 Å². The summed E-state index contributed by atoms with van der Waals surface area (Å²) >= 11 is 0. The van der Waals surface area contributed by atoms with E-state index >= 15 is 0 Å². The van der Waals surface area contributed by atoms with Gasteiger partial charge in [0.2, 0.25) is 0 Å². The van der Waals surface area contributed by atoms with Crippen molar-refractivity contribution in [1.82, 2.24) is 19.4 Å². The molecule has 0 N–H and O–H groups in total. The van der Waals surface area contributed by atoms with Gasteiger partial charge in [0, 0.05) is 44.8 Å². The minimum absolute atomic E-state index is 0.937. The van der Waals surface area contributed by atoms with E-state index in [4.69, 9.17) is 0 Å². The van der Waals surface area contributed by atoms with E-state index in [2.05, 4.69) is 35.3 Å². The highest BCUT2D eigenvalue weighted by atomic mass is 15.3. The number of hydrogen-bond donors (Lipinski definition) is 0. The van der Waals surface area contributed by atoms with Crippen molar-refractivity contribution in [3.8, 4) is 0 Å². The SMILES string of the molecule is c1ccn2cc(N3CCN(c4cnccn4)CC3)nc2c1. The zero-order chi connectivity index (χ0) is 14.1. The topological polar surface area (TPSA) is 49.6 Å². The molecule has 0 aliphatic carbocycles. The quantitative estimate of drug-likeness (QED) is 0.711. The molecule has 0 saturated carbocycles. The van der Waals surface area contributed by atoms with Gasteiger partial charge in [-0.15, -0.1) is 0 Å². The summed E-state index contributed by atoms with van der Waals surface area (Å²) in [6, 6.07) is 6.06. The number of rotatable bonds is 2. The molecule has 106 valence electrons. The summed E-state index contributed by atoms with van der Waals surface area (Å²) in [5.74, 6) is 1.99. The Morgan fingerprint density at radius 1 is 0.905 bits per heavy atom. The van der Waals surface area contributed by atoms with Crippen LogP contribution in [0.25, 0.3) is 5.65 Å². The second-order valence-electron chi connectivity index (χ2n) is 5.10. The predicted octanol–water partition coefficient (Wildman–Crippen LogP) is 1.45. The number of hydrogen-bond acceptors (Lipinski definition) is 5. The normalized spacial score (nSPS) is 15.6. The standard InChI is InChI=1S/C15H16N6/c1-2-6-21-12-15(18-13(21)3-1)20-9-7-19(8-10-20)14-11-16-4-5-17-14/h1-6,11-12H,7-10H2. The lowest BCUT2D eigenvalue weighted by molar-refractivity contribution is 0.642. The largest absolute Gasteiger partial charge is 0.352 e. The summed E-state index contributed by atoms with van der Waals surface area (Å²) in [6.07, 6.45) is 9.38. The summed E-state index contributed by atoms with van der Waals surface area (Å²) < 4.78 is 2.06. The number of imidazole rings is 1. The van der Waals surface area contributed by atoms with E-state index in [1.54, 1.807) is 12.4 Å². The first kappa shape index (κ1) is 12.1. The Morgan fingerprint density at radius 3 is 2.43 bits per heavy atom. The summed E-state index contributed by atoms with van der Waals surface area (Å²) in [6.45, 7) is 3.76. The lowest BCUT2D eigenvalue weighted by atomic mass is 10.3. The smallest absolute Gasteiger partial charge is 0.147 e. The molecule has 0 bridgehead atoms. The van der Waals surface area contributed by atoms with E-state index in [1.807, 2.05) is 30.6 Å². The molecule has 21 heavy (non-hydrogen) atoms. The first-order chi connectivity index (χ1) is 10.4. The maximum absolute atomic E-state index is 4.68. The third-order valence-electron chi connectivity index (χ3n) is 3.83. The average molecular weight is 280 g/mol. The van der Waals surface area contributed by atoms with Gasteiger partial charge >= 0.3 is 0 Å². The van der Waals surface area contributed by atoms with Gasteiger partial charge in [-0.1, -0.05) is 6.07 Å². The van der Waals surface area contributed by atoms with Gasteiger partial charge in [-0.05, 0) is 12.1 Å². The number of fused-ring (bicyclic) bond motifs is 1. The number of nitrogens with zero attached hydrogens (tertiary/aromatic N) is 6. The molecule has 0 atom stereocenters. The monoisotopic (exact) mass is 280 g/mol. The van der Waals surface area contributed by atoms with Crippen LogP contribution in [0.2, 0.25) is 0 Å². The molecule has 6 nitrogen and oxygen atoms in total. The van der Waals surface area contributed by atoms with Crippen LogP contribution in [0.1, 0.15) is 0 Å². The molecule has 0 spiro atoms. The molecule has 6 heteroatoms. The molecule has 3 aromatic rings. The fourth-order valence-electron chi connectivity index (χ4n) is 2.69. The highest BCUT2D eigenvalue weighted by Gasteiger charge is 2.20. The molecule has 0 unspecified atom stereocenters. The van der Waals surface area contributed by atoms with Crippen LogP contribution in [0, 0.1) is 0 Å². The Hall–Kier alpha value is -2.63. The maximum atomic E-state index is 4.68. The highest BCUT2D eigenvalue weighted by molar-refractivity contribution is 5.51. The van der Waals surface area contributed by atoms with Crippen LogP contribution in [-0.4, -0.2) is 45.5 Å². The van der Waals surface area contributed by atoms with E-state index in [0.717, 1.165) is 43.5 Å². The van der Waals surface area contributed by atoms with Crippen molar-refractivity contribution in [1.29, 1.82) is 0 Å². The third-order valence-corrected chi connectivity index (χ3v) is 3.83. The van der Waals surface area contributed by atoms with Crippen LogP contribution in [0.15, 0.2) is 49.2 Å². The molecule has 1 aliphatic rings. The van der Waals surface area contributed by atoms with Crippen molar-refractivity contribution in [2.24, 2.45) is 0 Å². The van der Waals surface area contributed by atoms with Crippen molar-refractivity contribution in [2.75, 3.05) is 36.0 Å². The first-order valence-electron chi connectivity index (χ1n) is 7.10.